The Bertz CT molecular complexity index is 1210. The van der Waals surface area contributed by atoms with Gasteiger partial charge in [0.25, 0.3) is 11.6 Å². The average molecular weight is 496 g/mol. The summed E-state index contributed by atoms with van der Waals surface area (Å²) < 4.78 is 4.97. The zero-order chi connectivity index (χ0) is 25.1. The molecular weight excluding hydrogens is 470 g/mol. The SMILES string of the molecule is CCOC(=O)c1ccc(N2C(=N)S/C(=C/c3ccc(N4CCN(C)CC4)c([N+](=O)[O-])c3)C2=O)cc1. The lowest BCUT2D eigenvalue weighted by atomic mass is 10.1. The van der Waals surface area contributed by atoms with Gasteiger partial charge in [0.1, 0.15) is 5.69 Å². The van der Waals surface area contributed by atoms with E-state index in [9.17, 15) is 19.7 Å². The number of esters is 1. The van der Waals surface area contributed by atoms with E-state index in [1.54, 1.807) is 49.4 Å². The molecule has 2 aromatic rings. The molecule has 0 saturated carbocycles. The zero-order valence-corrected chi connectivity index (χ0v) is 20.2. The van der Waals surface area contributed by atoms with Gasteiger partial charge in [0.15, 0.2) is 5.17 Å². The highest BCUT2D eigenvalue weighted by Crippen LogP contribution is 2.37. The minimum absolute atomic E-state index is 0.00805. The van der Waals surface area contributed by atoms with Crippen molar-refractivity contribution in [2.45, 2.75) is 6.92 Å². The quantitative estimate of drug-likeness (QED) is 0.279. The normalized spacial score (nSPS) is 17.8. The summed E-state index contributed by atoms with van der Waals surface area (Å²) >= 11 is 0.980. The molecule has 35 heavy (non-hydrogen) atoms. The average Bonchev–Trinajstić information content (AvgIpc) is 3.12. The Morgan fingerprint density at radius 3 is 2.49 bits per heavy atom. The second-order valence-electron chi connectivity index (χ2n) is 8.12. The maximum atomic E-state index is 13.1. The molecule has 2 saturated heterocycles. The lowest BCUT2D eigenvalue weighted by molar-refractivity contribution is -0.384. The van der Waals surface area contributed by atoms with Gasteiger partial charge in [0.2, 0.25) is 0 Å². The van der Waals surface area contributed by atoms with Crippen LogP contribution in [0.3, 0.4) is 0 Å². The monoisotopic (exact) mass is 495 g/mol. The van der Waals surface area contributed by atoms with Crippen molar-refractivity contribution in [2.24, 2.45) is 0 Å². The molecule has 0 atom stereocenters. The van der Waals surface area contributed by atoms with Crippen molar-refractivity contribution >= 4 is 51.9 Å². The van der Waals surface area contributed by atoms with Crippen LogP contribution in [0.5, 0.6) is 0 Å². The maximum Gasteiger partial charge on any atom is 0.338 e. The summed E-state index contributed by atoms with van der Waals surface area (Å²) in [5, 5.41) is 20.1. The molecule has 1 amide bonds. The first-order valence-corrected chi connectivity index (χ1v) is 11.9. The number of likely N-dealkylation sites (N-methyl/N-ethyl adjacent to an activating group) is 1. The molecule has 2 aromatic carbocycles. The summed E-state index contributed by atoms with van der Waals surface area (Å²) in [4.78, 5) is 42.0. The fraction of sp³-hybridized carbons (Fsp3) is 0.292. The molecular formula is C24H25N5O5S. The Morgan fingerprint density at radius 2 is 1.86 bits per heavy atom. The highest BCUT2D eigenvalue weighted by Gasteiger charge is 2.34. The number of amides is 1. The molecule has 0 bridgehead atoms. The predicted octanol–water partition coefficient (Wildman–Crippen LogP) is 3.58. The number of rotatable bonds is 6. The predicted molar refractivity (Wildman–Crippen MR) is 136 cm³/mol. The molecule has 2 heterocycles. The third kappa shape index (κ3) is 5.20. The van der Waals surface area contributed by atoms with Gasteiger partial charge in [-0.2, -0.15) is 0 Å². The van der Waals surface area contributed by atoms with Gasteiger partial charge in [-0.15, -0.1) is 0 Å². The highest BCUT2D eigenvalue weighted by atomic mass is 32.2. The molecule has 4 rings (SSSR count). The van der Waals surface area contributed by atoms with Crippen LogP contribution in [-0.2, 0) is 9.53 Å². The van der Waals surface area contributed by atoms with E-state index in [4.69, 9.17) is 10.1 Å². The van der Waals surface area contributed by atoms with Crippen LogP contribution in [0.2, 0.25) is 0 Å². The summed E-state index contributed by atoms with van der Waals surface area (Å²) in [7, 11) is 2.02. The van der Waals surface area contributed by atoms with Crippen molar-refractivity contribution in [3.8, 4) is 0 Å². The number of piperazine rings is 1. The van der Waals surface area contributed by atoms with E-state index in [0.29, 0.717) is 35.6 Å². The molecule has 0 unspecified atom stereocenters. The lowest BCUT2D eigenvalue weighted by Gasteiger charge is -2.33. The number of hydrogen-bond acceptors (Lipinski definition) is 9. The second-order valence-corrected chi connectivity index (χ2v) is 9.15. The Labute approximate surface area is 206 Å². The van der Waals surface area contributed by atoms with Gasteiger partial charge in [0.05, 0.1) is 27.7 Å². The molecule has 2 aliphatic heterocycles. The standard InChI is InChI=1S/C24H25N5O5S/c1-3-34-23(31)17-5-7-18(8-6-17)28-22(30)21(35-24(28)25)15-16-4-9-19(20(14-16)29(32)33)27-12-10-26(2)11-13-27/h4-9,14-15,25H,3,10-13H2,1-2H3/b21-15+,25-24?. The van der Waals surface area contributed by atoms with Gasteiger partial charge in [-0.05, 0) is 67.7 Å². The molecule has 11 heteroatoms. The molecule has 0 spiro atoms. The smallest absolute Gasteiger partial charge is 0.338 e. The van der Waals surface area contributed by atoms with Crippen LogP contribution in [0.25, 0.3) is 6.08 Å². The maximum absolute atomic E-state index is 13.1. The largest absolute Gasteiger partial charge is 0.462 e. The van der Waals surface area contributed by atoms with Crippen molar-refractivity contribution in [2.75, 3.05) is 49.6 Å². The van der Waals surface area contributed by atoms with E-state index in [1.165, 1.54) is 11.0 Å². The number of nitro benzene ring substituents is 1. The van der Waals surface area contributed by atoms with Gasteiger partial charge in [-0.25, -0.2) is 4.79 Å². The van der Waals surface area contributed by atoms with Crippen molar-refractivity contribution in [3.05, 3.63) is 68.6 Å². The van der Waals surface area contributed by atoms with E-state index in [-0.39, 0.29) is 22.4 Å². The topological polar surface area (TPSA) is 120 Å². The summed E-state index contributed by atoms with van der Waals surface area (Å²) in [5.74, 6) is -0.867. The summed E-state index contributed by atoms with van der Waals surface area (Å²) in [6.07, 6.45) is 1.56. The summed E-state index contributed by atoms with van der Waals surface area (Å²) in [5.41, 5.74) is 1.86. The number of benzene rings is 2. The Hall–Kier alpha value is -3.70. The summed E-state index contributed by atoms with van der Waals surface area (Å²) in [6, 6.07) is 11.2. The number of carbonyl (C=O) groups is 2. The number of nitrogens with one attached hydrogen (secondary N) is 1. The number of amidine groups is 1. The third-order valence-electron chi connectivity index (χ3n) is 5.80. The highest BCUT2D eigenvalue weighted by molar-refractivity contribution is 8.19. The number of nitrogens with zero attached hydrogens (tertiary/aromatic N) is 4. The minimum atomic E-state index is -0.460. The number of thioether (sulfide) groups is 1. The summed E-state index contributed by atoms with van der Waals surface area (Å²) in [6.45, 7) is 5.03. The van der Waals surface area contributed by atoms with E-state index < -0.39 is 16.8 Å². The fourth-order valence-corrected chi connectivity index (χ4v) is 4.79. The van der Waals surface area contributed by atoms with Gasteiger partial charge in [0, 0.05) is 32.2 Å². The molecule has 10 nitrogen and oxygen atoms in total. The Morgan fingerprint density at radius 1 is 1.17 bits per heavy atom. The number of carbonyl (C=O) groups excluding carboxylic acids is 2. The van der Waals surface area contributed by atoms with E-state index >= 15 is 0 Å². The Balaban J connectivity index is 1.56. The molecule has 1 N–H and O–H groups in total. The van der Waals surface area contributed by atoms with Crippen LogP contribution in [0.1, 0.15) is 22.8 Å². The fourth-order valence-electron chi connectivity index (χ4n) is 3.93. The van der Waals surface area contributed by atoms with E-state index in [2.05, 4.69) is 4.90 Å². The first-order chi connectivity index (χ1) is 16.8. The molecule has 0 aromatic heterocycles. The Kier molecular flexibility index (Phi) is 7.17. The van der Waals surface area contributed by atoms with Crippen LogP contribution in [0.15, 0.2) is 47.4 Å². The number of ether oxygens (including phenoxy) is 1. The van der Waals surface area contributed by atoms with E-state index in [0.717, 1.165) is 24.9 Å². The van der Waals surface area contributed by atoms with Crippen molar-refractivity contribution in [1.82, 2.24) is 4.90 Å². The number of nitro groups is 1. The zero-order valence-electron chi connectivity index (χ0n) is 19.4. The van der Waals surface area contributed by atoms with Crippen LogP contribution in [0, 0.1) is 15.5 Å². The van der Waals surface area contributed by atoms with Crippen LogP contribution in [-0.4, -0.2) is 66.7 Å². The van der Waals surface area contributed by atoms with Gasteiger partial charge in [-0.3, -0.25) is 25.2 Å². The molecule has 182 valence electrons. The van der Waals surface area contributed by atoms with Gasteiger partial charge in [-0.1, -0.05) is 6.07 Å². The van der Waals surface area contributed by atoms with Crippen molar-refractivity contribution < 1.29 is 19.2 Å². The molecule has 0 radical (unpaired) electrons. The van der Waals surface area contributed by atoms with E-state index in [1.807, 2.05) is 11.9 Å². The molecule has 2 fully saturated rings. The molecule has 2 aliphatic rings. The third-order valence-corrected chi connectivity index (χ3v) is 6.69. The number of hydrogen-bond donors (Lipinski definition) is 1. The first-order valence-electron chi connectivity index (χ1n) is 11.1. The van der Waals surface area contributed by atoms with Gasteiger partial charge < -0.3 is 14.5 Å². The van der Waals surface area contributed by atoms with Crippen LogP contribution in [0.4, 0.5) is 17.1 Å². The van der Waals surface area contributed by atoms with Crippen LogP contribution < -0.4 is 9.80 Å². The first kappa shape index (κ1) is 24.4. The van der Waals surface area contributed by atoms with Crippen molar-refractivity contribution in [3.63, 3.8) is 0 Å². The molecule has 0 aliphatic carbocycles. The van der Waals surface area contributed by atoms with Crippen molar-refractivity contribution in [1.29, 1.82) is 5.41 Å². The van der Waals surface area contributed by atoms with Crippen LogP contribution >= 0.6 is 11.8 Å². The lowest BCUT2D eigenvalue weighted by Crippen LogP contribution is -2.44. The van der Waals surface area contributed by atoms with Gasteiger partial charge >= 0.3 is 5.97 Å². The minimum Gasteiger partial charge on any atom is -0.462 e. The number of anilines is 2. The second kappa shape index (κ2) is 10.3.